The van der Waals surface area contributed by atoms with Crippen molar-refractivity contribution in [3.8, 4) is 11.5 Å². The lowest BCUT2D eigenvalue weighted by Crippen LogP contribution is -2.39. The fourth-order valence-corrected chi connectivity index (χ4v) is 3.21. The van der Waals surface area contributed by atoms with E-state index in [9.17, 15) is 9.59 Å². The SMILES string of the molecule is Cc1oc(-c2ccccc2)nc1CC(=O)NC1CCC(C(=O)O)CC1. The van der Waals surface area contributed by atoms with Gasteiger partial charge in [-0.3, -0.25) is 9.59 Å². The second kappa shape index (κ2) is 7.51. The fraction of sp³-hybridized carbons (Fsp3) is 0.421. The minimum atomic E-state index is -0.739. The van der Waals surface area contributed by atoms with Crippen molar-refractivity contribution in [2.24, 2.45) is 5.92 Å². The molecule has 132 valence electrons. The van der Waals surface area contributed by atoms with Gasteiger partial charge in [0.1, 0.15) is 5.76 Å². The highest BCUT2D eigenvalue weighted by molar-refractivity contribution is 5.79. The van der Waals surface area contributed by atoms with Crippen molar-refractivity contribution in [3.05, 3.63) is 41.8 Å². The summed E-state index contributed by atoms with van der Waals surface area (Å²) in [7, 11) is 0. The largest absolute Gasteiger partial charge is 0.481 e. The number of aromatic nitrogens is 1. The topological polar surface area (TPSA) is 92.4 Å². The van der Waals surface area contributed by atoms with E-state index in [-0.39, 0.29) is 24.3 Å². The third-order valence-electron chi connectivity index (χ3n) is 4.68. The molecule has 0 unspecified atom stereocenters. The third-order valence-corrected chi connectivity index (χ3v) is 4.68. The van der Waals surface area contributed by atoms with E-state index >= 15 is 0 Å². The van der Waals surface area contributed by atoms with Crippen LogP contribution in [0.1, 0.15) is 37.1 Å². The van der Waals surface area contributed by atoms with E-state index in [0.717, 1.165) is 5.56 Å². The van der Waals surface area contributed by atoms with Gasteiger partial charge in [0.25, 0.3) is 0 Å². The summed E-state index contributed by atoms with van der Waals surface area (Å²) in [6.45, 7) is 1.81. The van der Waals surface area contributed by atoms with Crippen LogP contribution in [0.15, 0.2) is 34.7 Å². The third kappa shape index (κ3) is 4.26. The van der Waals surface area contributed by atoms with Gasteiger partial charge in [0.2, 0.25) is 11.8 Å². The van der Waals surface area contributed by atoms with E-state index in [1.54, 1.807) is 6.92 Å². The van der Waals surface area contributed by atoms with Gasteiger partial charge < -0.3 is 14.8 Å². The summed E-state index contributed by atoms with van der Waals surface area (Å²) >= 11 is 0. The minimum Gasteiger partial charge on any atom is -0.481 e. The maximum atomic E-state index is 12.3. The molecule has 1 amide bonds. The Kier molecular flexibility index (Phi) is 5.16. The van der Waals surface area contributed by atoms with Crippen molar-refractivity contribution in [1.29, 1.82) is 0 Å². The number of hydrogen-bond donors (Lipinski definition) is 2. The molecule has 1 aliphatic carbocycles. The van der Waals surface area contributed by atoms with Crippen LogP contribution in [-0.4, -0.2) is 28.0 Å². The van der Waals surface area contributed by atoms with Gasteiger partial charge in [0.05, 0.1) is 18.0 Å². The van der Waals surface area contributed by atoms with Gasteiger partial charge in [-0.2, -0.15) is 0 Å². The monoisotopic (exact) mass is 342 g/mol. The van der Waals surface area contributed by atoms with Crippen LogP contribution >= 0.6 is 0 Å². The van der Waals surface area contributed by atoms with Gasteiger partial charge in [0.15, 0.2) is 0 Å². The molecule has 0 spiro atoms. The highest BCUT2D eigenvalue weighted by Crippen LogP contribution is 2.25. The number of benzene rings is 1. The first kappa shape index (κ1) is 17.2. The number of amides is 1. The van der Waals surface area contributed by atoms with E-state index < -0.39 is 5.97 Å². The van der Waals surface area contributed by atoms with Crippen molar-refractivity contribution >= 4 is 11.9 Å². The molecule has 2 aromatic rings. The quantitative estimate of drug-likeness (QED) is 0.871. The molecule has 0 aliphatic heterocycles. The lowest BCUT2D eigenvalue weighted by Gasteiger charge is -2.26. The first-order valence-electron chi connectivity index (χ1n) is 8.57. The average Bonchev–Trinajstić information content (AvgIpc) is 2.97. The summed E-state index contributed by atoms with van der Waals surface area (Å²) in [5, 5.41) is 12.0. The summed E-state index contributed by atoms with van der Waals surface area (Å²) in [5.41, 5.74) is 1.51. The average molecular weight is 342 g/mol. The molecule has 2 N–H and O–H groups in total. The number of hydrogen-bond acceptors (Lipinski definition) is 4. The molecule has 3 rings (SSSR count). The van der Waals surface area contributed by atoms with Crippen molar-refractivity contribution < 1.29 is 19.1 Å². The minimum absolute atomic E-state index is 0.0453. The summed E-state index contributed by atoms with van der Waals surface area (Å²) in [5.74, 6) is 0.0389. The molecule has 1 heterocycles. The molecular weight excluding hydrogens is 320 g/mol. The maximum absolute atomic E-state index is 12.3. The van der Waals surface area contributed by atoms with E-state index in [2.05, 4.69) is 10.3 Å². The molecule has 1 aromatic heterocycles. The first-order chi connectivity index (χ1) is 12.0. The molecule has 0 radical (unpaired) electrons. The molecule has 6 nitrogen and oxygen atoms in total. The van der Waals surface area contributed by atoms with Gasteiger partial charge in [0, 0.05) is 11.6 Å². The zero-order valence-corrected chi connectivity index (χ0v) is 14.2. The van der Waals surface area contributed by atoms with E-state index in [1.165, 1.54) is 0 Å². The number of carboxylic acid groups (broad SMARTS) is 1. The number of aliphatic carboxylic acids is 1. The Hall–Kier alpha value is -2.63. The predicted octanol–water partition coefficient (Wildman–Crippen LogP) is 2.95. The summed E-state index contributed by atoms with van der Waals surface area (Å²) in [4.78, 5) is 27.7. The Morgan fingerprint density at radius 3 is 2.52 bits per heavy atom. The molecule has 0 saturated heterocycles. The molecule has 1 fully saturated rings. The number of oxazole rings is 1. The maximum Gasteiger partial charge on any atom is 0.306 e. The Balaban J connectivity index is 1.57. The molecule has 0 atom stereocenters. The van der Waals surface area contributed by atoms with Gasteiger partial charge >= 0.3 is 5.97 Å². The zero-order chi connectivity index (χ0) is 17.8. The Morgan fingerprint density at radius 2 is 1.88 bits per heavy atom. The number of nitrogens with zero attached hydrogens (tertiary/aromatic N) is 1. The Bertz CT molecular complexity index is 746. The smallest absolute Gasteiger partial charge is 0.306 e. The summed E-state index contributed by atoms with van der Waals surface area (Å²) in [6, 6.07) is 9.62. The lowest BCUT2D eigenvalue weighted by molar-refractivity contribution is -0.142. The van der Waals surface area contributed by atoms with Crippen molar-refractivity contribution in [3.63, 3.8) is 0 Å². The first-order valence-corrected chi connectivity index (χ1v) is 8.57. The zero-order valence-electron chi connectivity index (χ0n) is 14.2. The standard InChI is InChI=1S/C19H22N2O4/c1-12-16(21-18(25-12)13-5-3-2-4-6-13)11-17(22)20-15-9-7-14(8-10-15)19(23)24/h2-6,14-15H,7-11H2,1H3,(H,20,22)(H,23,24). The molecule has 25 heavy (non-hydrogen) atoms. The second-order valence-corrected chi connectivity index (χ2v) is 6.52. The van der Waals surface area contributed by atoms with Crippen molar-refractivity contribution in [2.45, 2.75) is 45.1 Å². The van der Waals surface area contributed by atoms with Crippen molar-refractivity contribution in [2.75, 3.05) is 0 Å². The van der Waals surface area contributed by atoms with Crippen LogP contribution in [0.3, 0.4) is 0 Å². The Morgan fingerprint density at radius 1 is 1.20 bits per heavy atom. The van der Waals surface area contributed by atoms with Gasteiger partial charge in [-0.1, -0.05) is 18.2 Å². The number of aryl methyl sites for hydroxylation is 1. The van der Waals surface area contributed by atoms with Gasteiger partial charge in [-0.25, -0.2) is 4.98 Å². The van der Waals surface area contributed by atoms with Crippen LogP contribution in [-0.2, 0) is 16.0 Å². The Labute approximate surface area is 146 Å². The second-order valence-electron chi connectivity index (χ2n) is 6.52. The van der Waals surface area contributed by atoms with E-state index in [0.29, 0.717) is 43.0 Å². The summed E-state index contributed by atoms with van der Waals surface area (Å²) in [6.07, 6.45) is 2.80. The van der Waals surface area contributed by atoms with Gasteiger partial charge in [-0.15, -0.1) is 0 Å². The highest BCUT2D eigenvalue weighted by Gasteiger charge is 2.27. The number of carbonyl (C=O) groups excluding carboxylic acids is 1. The normalized spacial score (nSPS) is 20.2. The van der Waals surface area contributed by atoms with Crippen LogP contribution in [0, 0.1) is 12.8 Å². The lowest BCUT2D eigenvalue weighted by atomic mass is 9.86. The fourth-order valence-electron chi connectivity index (χ4n) is 3.21. The molecule has 1 saturated carbocycles. The number of rotatable bonds is 5. The van der Waals surface area contributed by atoms with E-state index in [1.807, 2.05) is 30.3 Å². The molecule has 1 aromatic carbocycles. The molecule has 0 bridgehead atoms. The molecule has 1 aliphatic rings. The van der Waals surface area contributed by atoms with Crippen LogP contribution < -0.4 is 5.32 Å². The van der Waals surface area contributed by atoms with Crippen LogP contribution in [0.4, 0.5) is 0 Å². The van der Waals surface area contributed by atoms with Crippen LogP contribution in [0.2, 0.25) is 0 Å². The predicted molar refractivity (Wildman–Crippen MR) is 91.9 cm³/mol. The number of nitrogens with one attached hydrogen (secondary N) is 1. The number of carboxylic acids is 1. The van der Waals surface area contributed by atoms with Crippen molar-refractivity contribution in [1.82, 2.24) is 10.3 Å². The van der Waals surface area contributed by atoms with Gasteiger partial charge in [-0.05, 0) is 44.7 Å². The summed E-state index contributed by atoms with van der Waals surface area (Å²) < 4.78 is 5.68. The molecule has 6 heteroatoms. The molecular formula is C19H22N2O4. The van der Waals surface area contributed by atoms with Crippen LogP contribution in [0.25, 0.3) is 11.5 Å². The van der Waals surface area contributed by atoms with Crippen LogP contribution in [0.5, 0.6) is 0 Å². The highest BCUT2D eigenvalue weighted by atomic mass is 16.4. The number of carbonyl (C=O) groups is 2. The van der Waals surface area contributed by atoms with E-state index in [4.69, 9.17) is 9.52 Å².